The quantitative estimate of drug-likeness (QED) is 0.742. The molecule has 4 nitrogen and oxygen atoms in total. The number of anilines is 1. The van der Waals surface area contributed by atoms with E-state index in [-0.39, 0.29) is 5.91 Å². The van der Waals surface area contributed by atoms with Gasteiger partial charge < -0.3 is 9.73 Å². The molecule has 4 heteroatoms. The molecule has 0 saturated carbocycles. The van der Waals surface area contributed by atoms with Crippen molar-refractivity contribution in [2.75, 3.05) is 5.32 Å². The third-order valence-electron chi connectivity index (χ3n) is 3.05. The Kier molecular flexibility index (Phi) is 3.51. The van der Waals surface area contributed by atoms with E-state index >= 15 is 0 Å². The zero-order valence-corrected chi connectivity index (χ0v) is 11.5. The Morgan fingerprint density at radius 2 is 2.05 bits per heavy atom. The minimum absolute atomic E-state index is 0.220. The first-order valence-electron chi connectivity index (χ1n) is 6.61. The molecule has 0 fully saturated rings. The lowest BCUT2D eigenvalue weighted by Gasteiger charge is -2.05. The van der Waals surface area contributed by atoms with Crippen molar-refractivity contribution >= 4 is 28.6 Å². The fraction of sp³-hybridized carbons (Fsp3) is 0.0588. The smallest absolute Gasteiger partial charge is 0.248 e. The minimum Gasteiger partial charge on any atom is -0.462 e. The number of nitrogens with one attached hydrogen (secondary N) is 1. The summed E-state index contributed by atoms with van der Waals surface area (Å²) in [5.41, 5.74) is 1.47. The number of benzene rings is 1. The highest BCUT2D eigenvalue weighted by Crippen LogP contribution is 2.20. The topological polar surface area (TPSA) is 55.1 Å². The van der Waals surface area contributed by atoms with Crippen molar-refractivity contribution in [3.8, 4) is 0 Å². The molecule has 0 spiro atoms. The van der Waals surface area contributed by atoms with Gasteiger partial charge in [-0.05, 0) is 37.3 Å². The molecule has 21 heavy (non-hydrogen) atoms. The number of carbonyl (C=O) groups is 1. The van der Waals surface area contributed by atoms with Gasteiger partial charge in [-0.15, -0.1) is 0 Å². The number of fused-ring (bicyclic) bond motifs is 1. The summed E-state index contributed by atoms with van der Waals surface area (Å²) in [5, 5.41) is 3.82. The van der Waals surface area contributed by atoms with Crippen LogP contribution in [0.25, 0.3) is 17.0 Å². The highest BCUT2D eigenvalue weighted by Gasteiger charge is 2.04. The number of pyridine rings is 1. The van der Waals surface area contributed by atoms with E-state index < -0.39 is 0 Å². The molecule has 0 atom stereocenters. The average molecular weight is 278 g/mol. The number of furan rings is 1. The van der Waals surface area contributed by atoms with Crippen molar-refractivity contribution in [3.63, 3.8) is 0 Å². The fourth-order valence-corrected chi connectivity index (χ4v) is 2.08. The van der Waals surface area contributed by atoms with E-state index in [1.165, 1.54) is 6.08 Å². The Hall–Kier alpha value is -2.88. The zero-order valence-electron chi connectivity index (χ0n) is 11.5. The summed E-state index contributed by atoms with van der Waals surface area (Å²) in [6, 6.07) is 13.2. The Labute approximate surface area is 122 Å². The van der Waals surface area contributed by atoms with E-state index in [2.05, 4.69) is 10.3 Å². The molecule has 2 heterocycles. The molecule has 0 unspecified atom stereocenters. The summed E-state index contributed by atoms with van der Waals surface area (Å²) in [6.07, 6.45) is 4.79. The number of nitrogens with zero attached hydrogens (tertiary/aromatic N) is 1. The van der Waals surface area contributed by atoms with Gasteiger partial charge in [-0.2, -0.15) is 0 Å². The first-order chi connectivity index (χ1) is 10.2. The molecule has 2 aromatic heterocycles. The largest absolute Gasteiger partial charge is 0.462 e. The molecule has 1 aromatic carbocycles. The summed E-state index contributed by atoms with van der Waals surface area (Å²) >= 11 is 0. The monoisotopic (exact) mass is 278 g/mol. The molecule has 0 aliphatic carbocycles. The van der Waals surface area contributed by atoms with Gasteiger partial charge >= 0.3 is 0 Å². The van der Waals surface area contributed by atoms with Crippen molar-refractivity contribution in [2.45, 2.75) is 6.92 Å². The molecule has 0 aliphatic heterocycles. The average Bonchev–Trinajstić information content (AvgIpc) is 2.91. The van der Waals surface area contributed by atoms with Gasteiger partial charge in [0.15, 0.2) is 0 Å². The molecular weight excluding hydrogens is 264 g/mol. The molecular formula is C17H14N2O2. The Bertz CT molecular complexity index is 813. The van der Waals surface area contributed by atoms with Crippen molar-refractivity contribution in [1.29, 1.82) is 0 Å². The minimum atomic E-state index is -0.220. The van der Waals surface area contributed by atoms with E-state index in [4.69, 9.17) is 4.42 Å². The summed E-state index contributed by atoms with van der Waals surface area (Å²) in [4.78, 5) is 16.3. The Balaban J connectivity index is 1.79. The van der Waals surface area contributed by atoms with Gasteiger partial charge in [0.1, 0.15) is 11.5 Å². The Morgan fingerprint density at radius 1 is 1.19 bits per heavy atom. The first-order valence-corrected chi connectivity index (χ1v) is 6.61. The number of aryl methyl sites for hydroxylation is 1. The summed E-state index contributed by atoms with van der Waals surface area (Å²) in [6.45, 7) is 1.86. The van der Waals surface area contributed by atoms with Crippen LogP contribution in [-0.2, 0) is 4.79 Å². The van der Waals surface area contributed by atoms with Gasteiger partial charge in [0.25, 0.3) is 0 Å². The molecule has 0 bridgehead atoms. The number of hydrogen-bond donors (Lipinski definition) is 1. The number of hydrogen-bond acceptors (Lipinski definition) is 3. The number of carbonyl (C=O) groups excluding carboxylic acids is 1. The fourth-order valence-electron chi connectivity index (χ4n) is 2.08. The van der Waals surface area contributed by atoms with Gasteiger partial charge in [-0.1, -0.05) is 18.2 Å². The number of aromatic nitrogens is 1. The van der Waals surface area contributed by atoms with Crippen LogP contribution < -0.4 is 5.32 Å². The SMILES string of the molecule is Cc1ccc(/C=C/C(=O)Nc2cccc3cccnc23)o1. The van der Waals surface area contributed by atoms with Crippen LogP contribution in [0.15, 0.2) is 59.2 Å². The Morgan fingerprint density at radius 3 is 2.86 bits per heavy atom. The van der Waals surface area contributed by atoms with Crippen LogP contribution >= 0.6 is 0 Å². The maximum Gasteiger partial charge on any atom is 0.248 e. The molecule has 3 aromatic rings. The maximum atomic E-state index is 12.0. The number of amides is 1. The van der Waals surface area contributed by atoms with Gasteiger partial charge in [0.05, 0.1) is 11.2 Å². The molecule has 1 N–H and O–H groups in total. The van der Waals surface area contributed by atoms with Gasteiger partial charge in [0, 0.05) is 17.7 Å². The predicted octanol–water partition coefficient (Wildman–Crippen LogP) is 3.79. The van der Waals surface area contributed by atoms with Crippen LogP contribution in [0.1, 0.15) is 11.5 Å². The summed E-state index contributed by atoms with van der Waals surface area (Å²) in [5.74, 6) is 1.24. The molecule has 0 saturated heterocycles. The normalized spacial score (nSPS) is 11.1. The van der Waals surface area contributed by atoms with Crippen molar-refractivity contribution in [1.82, 2.24) is 4.98 Å². The van der Waals surface area contributed by atoms with E-state index in [1.54, 1.807) is 12.3 Å². The van der Waals surface area contributed by atoms with E-state index in [9.17, 15) is 4.79 Å². The molecule has 0 aliphatic rings. The molecule has 0 radical (unpaired) electrons. The third kappa shape index (κ3) is 3.00. The second kappa shape index (κ2) is 5.63. The summed E-state index contributed by atoms with van der Waals surface area (Å²) in [7, 11) is 0. The zero-order chi connectivity index (χ0) is 14.7. The van der Waals surface area contributed by atoms with Crippen LogP contribution in [-0.4, -0.2) is 10.9 Å². The van der Waals surface area contributed by atoms with E-state index in [0.717, 1.165) is 16.7 Å². The van der Waals surface area contributed by atoms with Crippen LogP contribution in [0.3, 0.4) is 0 Å². The second-order valence-corrected chi connectivity index (χ2v) is 4.65. The summed E-state index contributed by atoms with van der Waals surface area (Å²) < 4.78 is 5.38. The van der Waals surface area contributed by atoms with Crippen LogP contribution in [0.2, 0.25) is 0 Å². The van der Waals surface area contributed by atoms with Crippen LogP contribution in [0.5, 0.6) is 0 Å². The maximum absolute atomic E-state index is 12.0. The lowest BCUT2D eigenvalue weighted by atomic mass is 10.2. The lowest BCUT2D eigenvalue weighted by molar-refractivity contribution is -0.111. The molecule has 1 amide bonds. The predicted molar refractivity (Wildman–Crippen MR) is 82.9 cm³/mol. The van der Waals surface area contributed by atoms with Crippen molar-refractivity contribution in [2.24, 2.45) is 0 Å². The third-order valence-corrected chi connectivity index (χ3v) is 3.05. The standard InChI is InChI=1S/C17H14N2O2/c1-12-7-8-14(21-12)9-10-16(20)19-15-6-2-4-13-5-3-11-18-17(13)15/h2-11H,1H3,(H,19,20)/b10-9+. The van der Waals surface area contributed by atoms with Gasteiger partial charge in [-0.25, -0.2) is 0 Å². The highest BCUT2D eigenvalue weighted by atomic mass is 16.3. The molecule has 3 rings (SSSR count). The van der Waals surface area contributed by atoms with Gasteiger partial charge in [-0.3, -0.25) is 9.78 Å². The first kappa shape index (κ1) is 13.1. The van der Waals surface area contributed by atoms with Crippen LogP contribution in [0.4, 0.5) is 5.69 Å². The van der Waals surface area contributed by atoms with Gasteiger partial charge in [0.2, 0.25) is 5.91 Å². The number of rotatable bonds is 3. The number of para-hydroxylation sites is 1. The molecule has 104 valence electrons. The van der Waals surface area contributed by atoms with Crippen LogP contribution in [0, 0.1) is 6.92 Å². The van der Waals surface area contributed by atoms with E-state index in [1.807, 2.05) is 49.4 Å². The van der Waals surface area contributed by atoms with Crippen molar-refractivity contribution in [3.05, 3.63) is 66.3 Å². The van der Waals surface area contributed by atoms with Crippen molar-refractivity contribution < 1.29 is 9.21 Å². The van der Waals surface area contributed by atoms with E-state index in [0.29, 0.717) is 11.4 Å². The second-order valence-electron chi connectivity index (χ2n) is 4.65. The highest BCUT2D eigenvalue weighted by molar-refractivity contribution is 6.06. The lowest BCUT2D eigenvalue weighted by Crippen LogP contribution is -2.08.